The Balaban J connectivity index is 2.76. The molecule has 1 aromatic heterocycles. The fraction of sp³-hybridized carbons (Fsp3) is 0.667. The zero-order valence-corrected chi connectivity index (χ0v) is 10.8. The van der Waals surface area contributed by atoms with Crippen LogP contribution in [-0.4, -0.2) is 22.1 Å². The monoisotopic (exact) mass is 238 g/mol. The second-order valence-electron chi connectivity index (χ2n) is 4.68. The highest BCUT2D eigenvalue weighted by Crippen LogP contribution is 1.99. The van der Waals surface area contributed by atoms with E-state index >= 15 is 0 Å². The summed E-state index contributed by atoms with van der Waals surface area (Å²) in [6.45, 7) is 7.45. The van der Waals surface area contributed by atoms with Crippen molar-refractivity contribution in [1.29, 1.82) is 0 Å². The Bertz CT molecular complexity index is 400. The number of nitrogens with two attached hydrogens (primary N) is 1. The van der Waals surface area contributed by atoms with E-state index in [0.29, 0.717) is 24.8 Å². The van der Waals surface area contributed by atoms with Crippen LogP contribution in [0.3, 0.4) is 0 Å². The third kappa shape index (κ3) is 4.19. The first-order chi connectivity index (χ1) is 8.04. The van der Waals surface area contributed by atoms with E-state index in [-0.39, 0.29) is 11.6 Å². The molecule has 0 saturated carbocycles. The van der Waals surface area contributed by atoms with Gasteiger partial charge in [0.05, 0.1) is 0 Å². The van der Waals surface area contributed by atoms with Gasteiger partial charge in [-0.2, -0.15) is 0 Å². The molecule has 5 nitrogen and oxygen atoms in total. The molecule has 17 heavy (non-hydrogen) atoms. The quantitative estimate of drug-likeness (QED) is 0.777. The van der Waals surface area contributed by atoms with Crippen LogP contribution in [0.15, 0.2) is 17.2 Å². The summed E-state index contributed by atoms with van der Waals surface area (Å²) in [5.41, 5.74) is 5.71. The minimum absolute atomic E-state index is 0.0509. The van der Waals surface area contributed by atoms with Crippen molar-refractivity contribution < 1.29 is 0 Å². The molecule has 1 rings (SSSR count). The number of anilines is 1. The summed E-state index contributed by atoms with van der Waals surface area (Å²) in [5, 5.41) is 3.01. The molecule has 0 aliphatic heterocycles. The van der Waals surface area contributed by atoms with Crippen molar-refractivity contribution in [3.8, 4) is 0 Å². The van der Waals surface area contributed by atoms with Gasteiger partial charge in [-0.25, -0.2) is 4.98 Å². The highest BCUT2D eigenvalue weighted by atomic mass is 16.1. The van der Waals surface area contributed by atoms with Gasteiger partial charge in [-0.1, -0.05) is 20.8 Å². The molecule has 0 fully saturated rings. The lowest BCUT2D eigenvalue weighted by Crippen LogP contribution is -2.32. The number of hydrogen-bond donors (Lipinski definition) is 2. The summed E-state index contributed by atoms with van der Waals surface area (Å²) in [6.07, 6.45) is 4.23. The van der Waals surface area contributed by atoms with E-state index in [4.69, 9.17) is 5.73 Å². The van der Waals surface area contributed by atoms with E-state index < -0.39 is 0 Å². The van der Waals surface area contributed by atoms with Crippen LogP contribution in [0.4, 0.5) is 5.82 Å². The minimum atomic E-state index is -0.0792. The van der Waals surface area contributed by atoms with Gasteiger partial charge in [0, 0.05) is 31.5 Å². The van der Waals surface area contributed by atoms with Crippen LogP contribution < -0.4 is 16.6 Å². The van der Waals surface area contributed by atoms with Crippen molar-refractivity contribution in [2.45, 2.75) is 39.8 Å². The van der Waals surface area contributed by atoms with Gasteiger partial charge >= 0.3 is 0 Å². The fourth-order valence-corrected chi connectivity index (χ4v) is 1.48. The lowest BCUT2D eigenvalue weighted by molar-refractivity contribution is 0.509. The van der Waals surface area contributed by atoms with E-state index in [1.165, 1.54) is 0 Å². The number of aromatic nitrogens is 2. The molecule has 0 spiro atoms. The average Bonchev–Trinajstić information content (AvgIpc) is 2.29. The lowest BCUT2D eigenvalue weighted by Gasteiger charge is -2.12. The first kappa shape index (κ1) is 13.7. The van der Waals surface area contributed by atoms with Crippen LogP contribution in [0.1, 0.15) is 27.2 Å². The first-order valence-corrected chi connectivity index (χ1v) is 6.09. The molecule has 96 valence electrons. The molecular formula is C12H22N4O. The lowest BCUT2D eigenvalue weighted by atomic mass is 10.2. The normalized spacial score (nSPS) is 12.8. The number of hydrogen-bond acceptors (Lipinski definition) is 4. The Kier molecular flexibility index (Phi) is 5.15. The Morgan fingerprint density at radius 1 is 1.53 bits per heavy atom. The summed E-state index contributed by atoms with van der Waals surface area (Å²) >= 11 is 0. The molecule has 0 aliphatic rings. The van der Waals surface area contributed by atoms with Gasteiger partial charge < -0.3 is 15.6 Å². The summed E-state index contributed by atoms with van der Waals surface area (Å²) < 4.78 is 1.68. The predicted molar refractivity (Wildman–Crippen MR) is 70.1 cm³/mol. The fourth-order valence-electron chi connectivity index (χ4n) is 1.48. The van der Waals surface area contributed by atoms with Crippen molar-refractivity contribution in [2.75, 3.05) is 11.9 Å². The molecule has 0 aromatic carbocycles. The number of rotatable bonds is 6. The Morgan fingerprint density at radius 3 is 2.82 bits per heavy atom. The van der Waals surface area contributed by atoms with Gasteiger partial charge in [0.15, 0.2) is 5.82 Å². The maximum atomic E-state index is 12.0. The SMILES string of the molecule is CCC(N)CNc1nccn(CC(C)C)c1=O. The van der Waals surface area contributed by atoms with E-state index in [9.17, 15) is 4.79 Å². The van der Waals surface area contributed by atoms with Gasteiger partial charge in [-0.3, -0.25) is 4.79 Å². The van der Waals surface area contributed by atoms with Crippen LogP contribution in [0.25, 0.3) is 0 Å². The van der Waals surface area contributed by atoms with Gasteiger partial charge in [0.1, 0.15) is 0 Å². The molecule has 1 heterocycles. The Morgan fingerprint density at radius 2 is 2.24 bits per heavy atom. The van der Waals surface area contributed by atoms with Crippen molar-refractivity contribution >= 4 is 5.82 Å². The molecule has 1 atom stereocenters. The van der Waals surface area contributed by atoms with Crippen LogP contribution in [0.2, 0.25) is 0 Å². The second kappa shape index (κ2) is 6.39. The van der Waals surface area contributed by atoms with Crippen LogP contribution in [0.5, 0.6) is 0 Å². The largest absolute Gasteiger partial charge is 0.364 e. The average molecular weight is 238 g/mol. The van der Waals surface area contributed by atoms with Gasteiger partial charge in [-0.15, -0.1) is 0 Å². The second-order valence-corrected chi connectivity index (χ2v) is 4.68. The molecule has 0 bridgehead atoms. The zero-order valence-electron chi connectivity index (χ0n) is 10.8. The third-order valence-corrected chi connectivity index (χ3v) is 2.53. The summed E-state index contributed by atoms with van der Waals surface area (Å²) in [6, 6.07) is 0.0509. The molecule has 1 aromatic rings. The van der Waals surface area contributed by atoms with E-state index in [2.05, 4.69) is 24.1 Å². The van der Waals surface area contributed by atoms with Gasteiger partial charge in [0.2, 0.25) is 0 Å². The van der Waals surface area contributed by atoms with E-state index in [1.807, 2.05) is 6.92 Å². The highest BCUT2D eigenvalue weighted by molar-refractivity contribution is 5.30. The van der Waals surface area contributed by atoms with Gasteiger partial charge in [-0.05, 0) is 12.3 Å². The predicted octanol–water partition coefficient (Wildman–Crippen LogP) is 1.05. The number of nitrogens with zero attached hydrogens (tertiary/aromatic N) is 2. The summed E-state index contributed by atoms with van der Waals surface area (Å²) in [5.74, 6) is 0.817. The standard InChI is InChI=1S/C12H22N4O/c1-4-10(13)7-15-11-12(17)16(6-5-14-11)8-9(2)3/h5-6,9-10H,4,7-8,13H2,1-3H3,(H,14,15). The maximum Gasteiger partial charge on any atom is 0.293 e. The molecule has 0 aliphatic carbocycles. The summed E-state index contributed by atoms with van der Waals surface area (Å²) in [4.78, 5) is 16.1. The van der Waals surface area contributed by atoms with Crippen molar-refractivity contribution in [3.05, 3.63) is 22.7 Å². The van der Waals surface area contributed by atoms with Crippen LogP contribution in [0, 0.1) is 5.92 Å². The van der Waals surface area contributed by atoms with Crippen molar-refractivity contribution in [3.63, 3.8) is 0 Å². The molecule has 3 N–H and O–H groups in total. The van der Waals surface area contributed by atoms with Crippen molar-refractivity contribution in [2.24, 2.45) is 11.7 Å². The maximum absolute atomic E-state index is 12.0. The molecule has 1 unspecified atom stereocenters. The molecule has 0 radical (unpaired) electrons. The highest BCUT2D eigenvalue weighted by Gasteiger charge is 2.07. The van der Waals surface area contributed by atoms with Crippen molar-refractivity contribution in [1.82, 2.24) is 9.55 Å². The topological polar surface area (TPSA) is 72.9 Å². The van der Waals surface area contributed by atoms with Crippen LogP contribution >= 0.6 is 0 Å². The third-order valence-electron chi connectivity index (χ3n) is 2.53. The van der Waals surface area contributed by atoms with Crippen LogP contribution in [-0.2, 0) is 6.54 Å². The minimum Gasteiger partial charge on any atom is -0.364 e. The van der Waals surface area contributed by atoms with Gasteiger partial charge in [0.25, 0.3) is 5.56 Å². The zero-order chi connectivity index (χ0) is 12.8. The molecule has 0 saturated heterocycles. The van der Waals surface area contributed by atoms with E-state index in [1.54, 1.807) is 17.0 Å². The summed E-state index contributed by atoms with van der Waals surface area (Å²) in [7, 11) is 0. The Hall–Kier alpha value is -1.36. The first-order valence-electron chi connectivity index (χ1n) is 6.09. The Labute approximate surface area is 102 Å². The smallest absolute Gasteiger partial charge is 0.293 e. The molecular weight excluding hydrogens is 216 g/mol. The van der Waals surface area contributed by atoms with E-state index in [0.717, 1.165) is 6.42 Å². The molecule has 5 heteroatoms. The molecule has 0 amide bonds. The number of nitrogens with one attached hydrogen (secondary N) is 1.